The first-order valence-electron chi connectivity index (χ1n) is 4.96. The number of halogens is 1. The van der Waals surface area contributed by atoms with Crippen LogP contribution in [0.3, 0.4) is 0 Å². The molecule has 16 heavy (non-hydrogen) atoms. The molecule has 0 atom stereocenters. The van der Waals surface area contributed by atoms with Gasteiger partial charge in [-0.25, -0.2) is 4.98 Å². The topological polar surface area (TPSA) is 52.5 Å². The van der Waals surface area contributed by atoms with Gasteiger partial charge in [0.15, 0.2) is 5.69 Å². The Morgan fingerprint density at radius 1 is 1.38 bits per heavy atom. The van der Waals surface area contributed by atoms with Crippen molar-refractivity contribution in [2.45, 2.75) is 12.8 Å². The van der Waals surface area contributed by atoms with Crippen molar-refractivity contribution in [1.82, 2.24) is 9.97 Å². The lowest BCUT2D eigenvalue weighted by Gasteiger charge is -2.00. The number of aromatic nitrogens is 2. The zero-order valence-corrected chi connectivity index (χ0v) is 10.2. The summed E-state index contributed by atoms with van der Waals surface area (Å²) < 4.78 is 1.08. The van der Waals surface area contributed by atoms with Crippen LogP contribution in [0.1, 0.15) is 17.0 Å². The molecular formula is C12H10BrN3. The lowest BCUT2D eigenvalue weighted by atomic mass is 10.1. The summed E-state index contributed by atoms with van der Waals surface area (Å²) in [6.07, 6.45) is 3.27. The Balaban J connectivity index is 2.06. The molecule has 1 heterocycles. The van der Waals surface area contributed by atoms with Crippen molar-refractivity contribution in [2.75, 3.05) is 0 Å². The summed E-state index contributed by atoms with van der Waals surface area (Å²) >= 11 is 3.44. The lowest BCUT2D eigenvalue weighted by Crippen LogP contribution is -1.94. The molecule has 0 radical (unpaired) electrons. The monoisotopic (exact) mass is 275 g/mol. The Morgan fingerprint density at radius 2 is 2.25 bits per heavy atom. The predicted molar refractivity (Wildman–Crippen MR) is 64.9 cm³/mol. The van der Waals surface area contributed by atoms with Gasteiger partial charge in [-0.05, 0) is 30.5 Å². The molecule has 1 aromatic heterocycles. The molecule has 3 nitrogen and oxygen atoms in total. The number of rotatable bonds is 3. The molecule has 80 valence electrons. The highest BCUT2D eigenvalue weighted by molar-refractivity contribution is 9.10. The zero-order valence-electron chi connectivity index (χ0n) is 8.57. The molecule has 2 rings (SSSR count). The molecule has 0 fully saturated rings. The van der Waals surface area contributed by atoms with Crippen LogP contribution in [0.15, 0.2) is 35.1 Å². The zero-order chi connectivity index (χ0) is 11.4. The first kappa shape index (κ1) is 10.9. The van der Waals surface area contributed by atoms with Crippen LogP contribution >= 0.6 is 15.9 Å². The van der Waals surface area contributed by atoms with Crippen molar-refractivity contribution in [2.24, 2.45) is 0 Å². The SMILES string of the molecule is N#Cc1nc[nH]c1CCc1cccc(Br)c1. The first-order chi connectivity index (χ1) is 7.79. The highest BCUT2D eigenvalue weighted by atomic mass is 79.9. The van der Waals surface area contributed by atoms with Gasteiger partial charge in [0.05, 0.1) is 12.0 Å². The number of nitrogens with one attached hydrogen (secondary N) is 1. The Labute approximate surface area is 102 Å². The number of H-pyrrole nitrogens is 1. The van der Waals surface area contributed by atoms with Crippen molar-refractivity contribution in [3.05, 3.63) is 52.0 Å². The summed E-state index contributed by atoms with van der Waals surface area (Å²) in [7, 11) is 0. The molecule has 0 amide bonds. The molecule has 0 aliphatic heterocycles. The molecule has 0 spiro atoms. The van der Waals surface area contributed by atoms with Crippen molar-refractivity contribution in [3.63, 3.8) is 0 Å². The van der Waals surface area contributed by atoms with Gasteiger partial charge in [-0.2, -0.15) is 5.26 Å². The standard InChI is InChI=1S/C12H10BrN3/c13-10-3-1-2-9(6-10)4-5-11-12(7-14)16-8-15-11/h1-3,6,8H,4-5H2,(H,15,16). The van der Waals surface area contributed by atoms with E-state index >= 15 is 0 Å². The Morgan fingerprint density at radius 3 is 3.00 bits per heavy atom. The maximum absolute atomic E-state index is 8.81. The third-order valence-electron chi connectivity index (χ3n) is 2.38. The van der Waals surface area contributed by atoms with E-state index in [1.165, 1.54) is 5.56 Å². The van der Waals surface area contributed by atoms with Gasteiger partial charge in [0.1, 0.15) is 6.07 Å². The van der Waals surface area contributed by atoms with Crippen LogP contribution < -0.4 is 0 Å². The summed E-state index contributed by atoms with van der Waals surface area (Å²) in [6.45, 7) is 0. The van der Waals surface area contributed by atoms with Crippen molar-refractivity contribution >= 4 is 15.9 Å². The summed E-state index contributed by atoms with van der Waals surface area (Å²) in [5, 5.41) is 8.81. The second-order valence-corrected chi connectivity index (χ2v) is 4.39. The quantitative estimate of drug-likeness (QED) is 0.937. The fourth-order valence-electron chi connectivity index (χ4n) is 1.57. The fraction of sp³-hybridized carbons (Fsp3) is 0.167. The number of nitriles is 1. The third kappa shape index (κ3) is 2.50. The molecule has 1 aromatic carbocycles. The second kappa shape index (κ2) is 4.95. The van der Waals surface area contributed by atoms with Crippen LogP contribution in [-0.2, 0) is 12.8 Å². The van der Waals surface area contributed by atoms with Crippen LogP contribution in [0.4, 0.5) is 0 Å². The van der Waals surface area contributed by atoms with Gasteiger partial charge in [-0.15, -0.1) is 0 Å². The van der Waals surface area contributed by atoms with Crippen molar-refractivity contribution in [3.8, 4) is 6.07 Å². The van der Waals surface area contributed by atoms with Gasteiger partial charge in [-0.3, -0.25) is 0 Å². The number of hydrogen-bond acceptors (Lipinski definition) is 2. The van der Waals surface area contributed by atoms with E-state index in [0.717, 1.165) is 23.0 Å². The normalized spacial score (nSPS) is 10.0. The van der Waals surface area contributed by atoms with Crippen LogP contribution in [0.5, 0.6) is 0 Å². The summed E-state index contributed by atoms with van der Waals surface area (Å²) in [6, 6.07) is 10.2. The van der Waals surface area contributed by atoms with Crippen LogP contribution in [0, 0.1) is 11.3 Å². The Kier molecular flexibility index (Phi) is 3.37. The van der Waals surface area contributed by atoms with E-state index in [1.807, 2.05) is 12.1 Å². The van der Waals surface area contributed by atoms with Gasteiger partial charge >= 0.3 is 0 Å². The number of aromatic amines is 1. The largest absolute Gasteiger partial charge is 0.347 e. The van der Waals surface area contributed by atoms with E-state index in [9.17, 15) is 0 Å². The Hall–Kier alpha value is -1.60. The van der Waals surface area contributed by atoms with Gasteiger partial charge in [0, 0.05) is 4.47 Å². The minimum Gasteiger partial charge on any atom is -0.347 e. The summed E-state index contributed by atoms with van der Waals surface area (Å²) in [5.41, 5.74) is 2.64. The smallest absolute Gasteiger partial charge is 0.161 e. The van der Waals surface area contributed by atoms with E-state index in [0.29, 0.717) is 5.69 Å². The molecule has 4 heteroatoms. The number of nitrogens with zero attached hydrogens (tertiary/aromatic N) is 2. The van der Waals surface area contributed by atoms with Crippen LogP contribution in [-0.4, -0.2) is 9.97 Å². The molecule has 0 saturated carbocycles. The number of aryl methyl sites for hydroxylation is 2. The maximum atomic E-state index is 8.81. The maximum Gasteiger partial charge on any atom is 0.161 e. The first-order valence-corrected chi connectivity index (χ1v) is 5.75. The summed E-state index contributed by atoms with van der Waals surface area (Å²) in [5.74, 6) is 0. The van der Waals surface area contributed by atoms with E-state index in [-0.39, 0.29) is 0 Å². The Bertz CT molecular complexity index is 525. The number of benzene rings is 1. The number of imidazole rings is 1. The van der Waals surface area contributed by atoms with Crippen LogP contribution in [0.25, 0.3) is 0 Å². The molecule has 0 unspecified atom stereocenters. The minimum absolute atomic E-state index is 0.495. The van der Waals surface area contributed by atoms with Gasteiger partial charge in [0.2, 0.25) is 0 Å². The molecule has 1 N–H and O–H groups in total. The van der Waals surface area contributed by atoms with Gasteiger partial charge in [-0.1, -0.05) is 28.1 Å². The van der Waals surface area contributed by atoms with E-state index in [1.54, 1.807) is 6.33 Å². The van der Waals surface area contributed by atoms with E-state index in [4.69, 9.17) is 5.26 Å². The molecule has 0 saturated heterocycles. The van der Waals surface area contributed by atoms with E-state index < -0.39 is 0 Å². The van der Waals surface area contributed by atoms with Crippen molar-refractivity contribution < 1.29 is 0 Å². The highest BCUT2D eigenvalue weighted by Crippen LogP contribution is 2.14. The molecule has 0 aliphatic carbocycles. The molecule has 0 aliphatic rings. The van der Waals surface area contributed by atoms with E-state index in [2.05, 4.69) is 44.1 Å². The summed E-state index contributed by atoms with van der Waals surface area (Å²) in [4.78, 5) is 6.93. The lowest BCUT2D eigenvalue weighted by molar-refractivity contribution is 0.920. The molecule has 0 bridgehead atoms. The number of hydrogen-bond donors (Lipinski definition) is 1. The van der Waals surface area contributed by atoms with Gasteiger partial charge in [0.25, 0.3) is 0 Å². The second-order valence-electron chi connectivity index (χ2n) is 3.47. The van der Waals surface area contributed by atoms with Crippen LogP contribution in [0.2, 0.25) is 0 Å². The average molecular weight is 276 g/mol. The third-order valence-corrected chi connectivity index (χ3v) is 2.87. The predicted octanol–water partition coefficient (Wildman–Crippen LogP) is 2.83. The fourth-order valence-corrected chi connectivity index (χ4v) is 2.02. The highest BCUT2D eigenvalue weighted by Gasteiger charge is 2.04. The molecule has 2 aromatic rings. The van der Waals surface area contributed by atoms with Crippen molar-refractivity contribution in [1.29, 1.82) is 5.26 Å². The molecular weight excluding hydrogens is 266 g/mol. The minimum atomic E-state index is 0.495. The average Bonchev–Trinajstić information content (AvgIpc) is 2.74. The van der Waals surface area contributed by atoms with Gasteiger partial charge < -0.3 is 4.98 Å².